The molecule has 0 saturated carbocycles. The third-order valence-corrected chi connectivity index (χ3v) is 3.58. The second-order valence-electron chi connectivity index (χ2n) is 4.90. The summed E-state index contributed by atoms with van der Waals surface area (Å²) >= 11 is 0. The van der Waals surface area contributed by atoms with Gasteiger partial charge in [-0.25, -0.2) is 0 Å². The number of amides is 1. The molecular weight excluding hydrogens is 240 g/mol. The lowest BCUT2D eigenvalue weighted by molar-refractivity contribution is -0.122. The Labute approximate surface area is 114 Å². The van der Waals surface area contributed by atoms with Crippen LogP contribution in [0.2, 0.25) is 0 Å². The van der Waals surface area contributed by atoms with E-state index in [1.807, 2.05) is 6.07 Å². The molecule has 1 aliphatic heterocycles. The zero-order chi connectivity index (χ0) is 13.5. The number of hydrogen-bond acceptors (Lipinski definition) is 3. The molecule has 4 nitrogen and oxygen atoms in total. The Morgan fingerprint density at radius 3 is 2.84 bits per heavy atom. The lowest BCUT2D eigenvalue weighted by atomic mass is 10.1. The highest BCUT2D eigenvalue weighted by molar-refractivity contribution is 5.77. The Morgan fingerprint density at radius 2 is 2.21 bits per heavy atom. The zero-order valence-electron chi connectivity index (χ0n) is 11.5. The van der Waals surface area contributed by atoms with Gasteiger partial charge in [0.1, 0.15) is 0 Å². The second-order valence-corrected chi connectivity index (χ2v) is 4.90. The molecule has 1 amide bonds. The van der Waals surface area contributed by atoms with Crippen LogP contribution in [0.5, 0.6) is 0 Å². The number of nitrogens with zero attached hydrogens (tertiary/aromatic N) is 1. The Hall–Kier alpha value is -1.39. The van der Waals surface area contributed by atoms with Gasteiger partial charge in [-0.1, -0.05) is 30.3 Å². The molecule has 104 valence electrons. The van der Waals surface area contributed by atoms with Crippen molar-refractivity contribution in [2.24, 2.45) is 0 Å². The first-order valence-corrected chi connectivity index (χ1v) is 6.86. The smallest absolute Gasteiger partial charge is 0.233 e. The van der Waals surface area contributed by atoms with Gasteiger partial charge in [-0.15, -0.1) is 0 Å². The zero-order valence-corrected chi connectivity index (χ0v) is 11.5. The normalized spacial score (nSPS) is 18.7. The van der Waals surface area contributed by atoms with Gasteiger partial charge in [-0.2, -0.15) is 0 Å². The summed E-state index contributed by atoms with van der Waals surface area (Å²) in [7, 11) is 1.68. The highest BCUT2D eigenvalue weighted by atomic mass is 16.5. The predicted molar refractivity (Wildman–Crippen MR) is 75.0 cm³/mol. The lowest BCUT2D eigenvalue weighted by Crippen LogP contribution is -2.43. The first-order valence-electron chi connectivity index (χ1n) is 6.86. The number of carbonyl (C=O) groups excluding carboxylic acids is 1. The summed E-state index contributed by atoms with van der Waals surface area (Å²) < 4.78 is 5.43. The maximum absolute atomic E-state index is 11.6. The van der Waals surface area contributed by atoms with Crippen LogP contribution < -0.4 is 5.32 Å². The summed E-state index contributed by atoms with van der Waals surface area (Å²) in [6, 6.07) is 10.8. The summed E-state index contributed by atoms with van der Waals surface area (Å²) in [4.78, 5) is 13.8. The molecule has 0 unspecified atom stereocenters. The van der Waals surface area contributed by atoms with Crippen molar-refractivity contribution in [3.05, 3.63) is 35.9 Å². The van der Waals surface area contributed by atoms with E-state index in [1.54, 1.807) is 7.05 Å². The molecule has 1 atom stereocenters. The Balaban J connectivity index is 1.91. The number of rotatable bonds is 6. The van der Waals surface area contributed by atoms with Crippen LogP contribution in [0.3, 0.4) is 0 Å². The molecule has 0 bridgehead atoms. The van der Waals surface area contributed by atoms with E-state index in [1.165, 1.54) is 5.56 Å². The third-order valence-electron chi connectivity index (χ3n) is 3.58. The van der Waals surface area contributed by atoms with E-state index in [0.717, 1.165) is 32.6 Å². The number of ether oxygens (including phenoxy) is 1. The molecule has 4 heteroatoms. The molecule has 2 rings (SSSR count). The predicted octanol–water partition coefficient (Wildman–Crippen LogP) is 1.07. The maximum Gasteiger partial charge on any atom is 0.233 e. The minimum Gasteiger partial charge on any atom is -0.380 e. The Bertz CT molecular complexity index is 388. The highest BCUT2D eigenvalue weighted by Gasteiger charge is 2.24. The Morgan fingerprint density at radius 1 is 1.42 bits per heavy atom. The van der Waals surface area contributed by atoms with E-state index in [4.69, 9.17) is 4.74 Å². The van der Waals surface area contributed by atoms with Gasteiger partial charge >= 0.3 is 0 Å². The van der Waals surface area contributed by atoms with Crippen LogP contribution in [0.15, 0.2) is 30.3 Å². The minimum absolute atomic E-state index is 0.0694. The van der Waals surface area contributed by atoms with E-state index in [2.05, 4.69) is 34.5 Å². The van der Waals surface area contributed by atoms with Crippen molar-refractivity contribution in [2.45, 2.75) is 18.9 Å². The standard InChI is InChI=1S/C15H22N2O2/c1-16-15(18)11-17(14-8-10-19-12-14)9-7-13-5-3-2-4-6-13/h2-6,14H,7-12H2,1H3,(H,16,18)/t14-/m1/s1. The molecule has 0 aliphatic carbocycles. The molecule has 19 heavy (non-hydrogen) atoms. The molecule has 1 aromatic rings. The molecule has 1 heterocycles. The van der Waals surface area contributed by atoms with Crippen molar-refractivity contribution in [1.82, 2.24) is 10.2 Å². The molecule has 0 radical (unpaired) electrons. The number of hydrogen-bond donors (Lipinski definition) is 1. The third kappa shape index (κ3) is 4.33. The van der Waals surface area contributed by atoms with E-state index < -0.39 is 0 Å². The van der Waals surface area contributed by atoms with Gasteiger partial charge in [-0.3, -0.25) is 9.69 Å². The van der Waals surface area contributed by atoms with E-state index in [-0.39, 0.29) is 5.91 Å². The summed E-state index contributed by atoms with van der Waals surface area (Å²) in [5.41, 5.74) is 1.31. The van der Waals surface area contributed by atoms with Crippen LogP contribution in [0.25, 0.3) is 0 Å². The van der Waals surface area contributed by atoms with Crippen LogP contribution in [0, 0.1) is 0 Å². The van der Waals surface area contributed by atoms with E-state index in [0.29, 0.717) is 12.6 Å². The monoisotopic (exact) mass is 262 g/mol. The van der Waals surface area contributed by atoms with Crippen LogP contribution in [-0.2, 0) is 16.0 Å². The molecule has 1 N–H and O–H groups in total. The number of likely N-dealkylation sites (N-methyl/N-ethyl adjacent to an activating group) is 1. The van der Waals surface area contributed by atoms with Gasteiger partial charge < -0.3 is 10.1 Å². The molecular formula is C15H22N2O2. The van der Waals surface area contributed by atoms with Gasteiger partial charge in [0.15, 0.2) is 0 Å². The van der Waals surface area contributed by atoms with Crippen LogP contribution >= 0.6 is 0 Å². The molecule has 1 fully saturated rings. The van der Waals surface area contributed by atoms with Crippen molar-refractivity contribution in [3.8, 4) is 0 Å². The number of carbonyl (C=O) groups is 1. The van der Waals surface area contributed by atoms with E-state index >= 15 is 0 Å². The summed E-state index contributed by atoms with van der Waals surface area (Å²) in [5, 5.41) is 2.70. The lowest BCUT2D eigenvalue weighted by Gasteiger charge is -2.26. The molecule has 0 spiro atoms. The van der Waals surface area contributed by atoms with Crippen molar-refractivity contribution in [1.29, 1.82) is 0 Å². The molecule has 1 saturated heterocycles. The van der Waals surface area contributed by atoms with Gasteiger partial charge in [0.25, 0.3) is 0 Å². The van der Waals surface area contributed by atoms with E-state index in [9.17, 15) is 4.79 Å². The fourth-order valence-corrected chi connectivity index (χ4v) is 2.38. The number of benzene rings is 1. The van der Waals surface area contributed by atoms with Crippen LogP contribution in [0.4, 0.5) is 0 Å². The largest absolute Gasteiger partial charge is 0.380 e. The van der Waals surface area contributed by atoms with Crippen molar-refractivity contribution in [3.63, 3.8) is 0 Å². The summed E-state index contributed by atoms with van der Waals surface area (Å²) in [5.74, 6) is 0.0694. The first kappa shape index (κ1) is 14.0. The van der Waals surface area contributed by atoms with Crippen molar-refractivity contribution >= 4 is 5.91 Å². The van der Waals surface area contributed by atoms with Gasteiger partial charge in [0.2, 0.25) is 5.91 Å². The summed E-state index contributed by atoms with van der Waals surface area (Å²) in [6.07, 6.45) is 1.99. The minimum atomic E-state index is 0.0694. The highest BCUT2D eigenvalue weighted by Crippen LogP contribution is 2.13. The fourth-order valence-electron chi connectivity index (χ4n) is 2.38. The molecule has 1 aromatic carbocycles. The number of nitrogens with one attached hydrogen (secondary N) is 1. The van der Waals surface area contributed by atoms with Gasteiger partial charge in [0.05, 0.1) is 13.2 Å². The quantitative estimate of drug-likeness (QED) is 0.833. The second kappa shape index (κ2) is 7.26. The van der Waals surface area contributed by atoms with Gasteiger partial charge in [0, 0.05) is 26.2 Å². The fraction of sp³-hybridized carbons (Fsp3) is 0.533. The SMILES string of the molecule is CNC(=O)CN(CCc1ccccc1)[C@@H]1CCOC1. The molecule has 0 aromatic heterocycles. The average Bonchev–Trinajstić information content (AvgIpc) is 2.98. The van der Waals surface area contributed by atoms with Crippen LogP contribution in [0.1, 0.15) is 12.0 Å². The van der Waals surface area contributed by atoms with Crippen molar-refractivity contribution in [2.75, 3.05) is 33.4 Å². The van der Waals surface area contributed by atoms with Crippen molar-refractivity contribution < 1.29 is 9.53 Å². The van der Waals surface area contributed by atoms with Crippen LogP contribution in [-0.4, -0.2) is 50.2 Å². The van der Waals surface area contributed by atoms with Gasteiger partial charge in [-0.05, 0) is 18.4 Å². The maximum atomic E-state index is 11.6. The average molecular weight is 262 g/mol. The first-order chi connectivity index (χ1) is 9.29. The Kier molecular flexibility index (Phi) is 5.36. The topological polar surface area (TPSA) is 41.6 Å². The molecule has 1 aliphatic rings. The summed E-state index contributed by atoms with van der Waals surface area (Å²) in [6.45, 7) is 2.90.